The van der Waals surface area contributed by atoms with Crippen LogP contribution in [0, 0.1) is 6.92 Å². The molecular weight excluding hydrogens is 346 g/mol. The average molecular weight is 365 g/mol. The number of hydrogen-bond acceptors (Lipinski definition) is 7. The number of hydrogen-bond donors (Lipinski definition) is 0. The first-order valence-corrected chi connectivity index (χ1v) is 8.50. The van der Waals surface area contributed by atoms with Crippen LogP contribution in [0.25, 0.3) is 22.7 Å². The van der Waals surface area contributed by atoms with Crippen LogP contribution in [0.4, 0.5) is 0 Å². The Morgan fingerprint density at radius 2 is 1.89 bits per heavy atom. The summed E-state index contributed by atoms with van der Waals surface area (Å²) in [4.78, 5) is 13.4. The molecule has 0 radical (unpaired) electrons. The molecule has 0 aliphatic heterocycles. The van der Waals surface area contributed by atoms with Crippen LogP contribution in [0.2, 0.25) is 0 Å². The summed E-state index contributed by atoms with van der Waals surface area (Å²) in [5.41, 5.74) is 2.53. The first-order valence-electron chi connectivity index (χ1n) is 8.50. The second kappa shape index (κ2) is 6.67. The summed E-state index contributed by atoms with van der Waals surface area (Å²) < 4.78 is 14.1. The van der Waals surface area contributed by atoms with Crippen molar-refractivity contribution in [1.29, 1.82) is 0 Å². The summed E-state index contributed by atoms with van der Waals surface area (Å²) in [5.74, 6) is 3.19. The molecule has 3 heterocycles. The van der Waals surface area contributed by atoms with Crippen molar-refractivity contribution in [3.63, 3.8) is 0 Å². The largest absolute Gasteiger partial charge is 0.493 e. The molecule has 4 aromatic rings. The number of fused-ring (bicyclic) bond motifs is 1. The van der Waals surface area contributed by atoms with E-state index in [0.717, 1.165) is 29.0 Å². The lowest BCUT2D eigenvalue weighted by Gasteiger charge is -2.11. The van der Waals surface area contributed by atoms with Gasteiger partial charge in [-0.2, -0.15) is 5.10 Å². The first kappa shape index (κ1) is 17.0. The Morgan fingerprint density at radius 1 is 1.07 bits per heavy atom. The molecule has 0 atom stereocenters. The zero-order valence-corrected chi connectivity index (χ0v) is 15.5. The third kappa shape index (κ3) is 2.77. The fourth-order valence-electron chi connectivity index (χ4n) is 3.02. The molecule has 0 amide bonds. The number of aromatic nitrogens is 7. The Balaban J connectivity index is 1.99. The van der Waals surface area contributed by atoms with Crippen molar-refractivity contribution in [1.82, 2.24) is 34.3 Å². The number of nitrogens with zero attached hydrogens (tertiary/aromatic N) is 7. The lowest BCUT2D eigenvalue weighted by molar-refractivity contribution is 0.355. The number of ether oxygens (including phenoxy) is 2. The summed E-state index contributed by atoms with van der Waals surface area (Å²) in [5, 5.41) is 8.95. The van der Waals surface area contributed by atoms with Gasteiger partial charge < -0.3 is 9.47 Å². The van der Waals surface area contributed by atoms with Gasteiger partial charge in [0, 0.05) is 5.56 Å². The topological polar surface area (TPSA) is 92.2 Å². The van der Waals surface area contributed by atoms with Gasteiger partial charge in [-0.25, -0.2) is 24.1 Å². The molecule has 0 aliphatic rings. The molecular formula is C18H19N7O2. The van der Waals surface area contributed by atoms with Crippen molar-refractivity contribution < 1.29 is 9.47 Å². The summed E-state index contributed by atoms with van der Waals surface area (Å²) >= 11 is 0. The third-order valence-corrected chi connectivity index (χ3v) is 4.32. The van der Waals surface area contributed by atoms with Crippen molar-refractivity contribution >= 4 is 5.52 Å². The minimum absolute atomic E-state index is 0.525. The summed E-state index contributed by atoms with van der Waals surface area (Å²) in [6.07, 6.45) is 3.85. The molecule has 0 N–H and O–H groups in total. The minimum atomic E-state index is 0.525. The predicted octanol–water partition coefficient (Wildman–Crippen LogP) is 2.26. The Labute approximate surface area is 155 Å². The van der Waals surface area contributed by atoms with Crippen molar-refractivity contribution in [2.75, 3.05) is 14.2 Å². The van der Waals surface area contributed by atoms with Crippen LogP contribution in [0.3, 0.4) is 0 Å². The Morgan fingerprint density at radius 3 is 2.56 bits per heavy atom. The molecule has 0 fully saturated rings. The fraction of sp³-hybridized carbons (Fsp3) is 0.278. The lowest BCUT2D eigenvalue weighted by atomic mass is 10.2. The zero-order valence-electron chi connectivity index (χ0n) is 15.5. The van der Waals surface area contributed by atoms with E-state index in [2.05, 4.69) is 22.0 Å². The number of rotatable bonds is 5. The zero-order chi connectivity index (χ0) is 19.0. The van der Waals surface area contributed by atoms with Gasteiger partial charge in [0.05, 0.1) is 19.9 Å². The van der Waals surface area contributed by atoms with Crippen LogP contribution in [-0.4, -0.2) is 48.6 Å². The molecule has 4 rings (SSSR count). The number of aryl methyl sites for hydroxylation is 2. The van der Waals surface area contributed by atoms with Gasteiger partial charge in [-0.15, -0.1) is 5.10 Å². The highest BCUT2D eigenvalue weighted by molar-refractivity contribution is 5.68. The maximum atomic E-state index is 5.41. The van der Waals surface area contributed by atoms with Crippen molar-refractivity contribution in [3.8, 4) is 28.7 Å². The van der Waals surface area contributed by atoms with E-state index in [9.17, 15) is 0 Å². The maximum absolute atomic E-state index is 5.41. The smallest absolute Gasteiger partial charge is 0.185 e. The van der Waals surface area contributed by atoms with E-state index in [1.165, 1.54) is 6.33 Å². The van der Waals surface area contributed by atoms with Crippen LogP contribution >= 0.6 is 0 Å². The Bertz CT molecular complexity index is 1100. The molecule has 9 heteroatoms. The van der Waals surface area contributed by atoms with E-state index in [0.29, 0.717) is 23.1 Å². The molecule has 0 aliphatic carbocycles. The van der Waals surface area contributed by atoms with Gasteiger partial charge in [-0.1, -0.05) is 6.92 Å². The molecule has 0 unspecified atom stereocenters. The van der Waals surface area contributed by atoms with Crippen LogP contribution in [0.1, 0.15) is 18.4 Å². The quantitative estimate of drug-likeness (QED) is 0.535. The van der Waals surface area contributed by atoms with Crippen LogP contribution in [0.5, 0.6) is 11.5 Å². The van der Waals surface area contributed by atoms with E-state index >= 15 is 0 Å². The Kier molecular flexibility index (Phi) is 4.19. The standard InChI is InChI=1S/C18H19N7O2/c1-5-13-16-18(24-10-19-9-20-24)22-17(23-25(16)11(2)21-13)12-6-7-14(26-3)15(8-12)27-4/h6-10H,5H2,1-4H3. The number of imidazole rings is 1. The van der Waals surface area contributed by atoms with Crippen molar-refractivity contribution in [2.45, 2.75) is 20.3 Å². The van der Waals surface area contributed by atoms with Crippen molar-refractivity contribution in [2.24, 2.45) is 0 Å². The second-order valence-corrected chi connectivity index (χ2v) is 5.89. The van der Waals surface area contributed by atoms with Crippen LogP contribution < -0.4 is 9.47 Å². The van der Waals surface area contributed by atoms with Gasteiger partial charge in [-0.05, 0) is 31.5 Å². The molecule has 27 heavy (non-hydrogen) atoms. The highest BCUT2D eigenvalue weighted by Crippen LogP contribution is 2.32. The van der Waals surface area contributed by atoms with E-state index in [-0.39, 0.29) is 0 Å². The van der Waals surface area contributed by atoms with Gasteiger partial charge >= 0.3 is 0 Å². The lowest BCUT2D eigenvalue weighted by Crippen LogP contribution is -2.08. The number of benzene rings is 1. The van der Waals surface area contributed by atoms with Gasteiger partial charge in [-0.3, -0.25) is 0 Å². The SMILES string of the molecule is CCc1nc(C)n2nc(-c3ccc(OC)c(OC)c3)nc(-n3cncn3)c12. The summed E-state index contributed by atoms with van der Waals surface area (Å²) in [6.45, 7) is 3.97. The second-order valence-electron chi connectivity index (χ2n) is 5.89. The fourth-order valence-corrected chi connectivity index (χ4v) is 3.02. The highest BCUT2D eigenvalue weighted by atomic mass is 16.5. The molecule has 0 saturated heterocycles. The van der Waals surface area contributed by atoms with Crippen LogP contribution in [0.15, 0.2) is 30.9 Å². The van der Waals surface area contributed by atoms with Gasteiger partial charge in [0.25, 0.3) is 0 Å². The summed E-state index contributed by atoms with van der Waals surface area (Å²) in [6, 6.07) is 5.56. The van der Waals surface area contributed by atoms with E-state index in [1.54, 1.807) is 29.7 Å². The van der Waals surface area contributed by atoms with E-state index < -0.39 is 0 Å². The molecule has 9 nitrogen and oxygen atoms in total. The van der Waals surface area contributed by atoms with E-state index in [1.807, 2.05) is 25.1 Å². The van der Waals surface area contributed by atoms with E-state index in [4.69, 9.17) is 19.6 Å². The van der Waals surface area contributed by atoms with Gasteiger partial charge in [0.1, 0.15) is 24.0 Å². The van der Waals surface area contributed by atoms with Crippen molar-refractivity contribution in [3.05, 3.63) is 42.4 Å². The minimum Gasteiger partial charge on any atom is -0.493 e. The maximum Gasteiger partial charge on any atom is 0.185 e. The van der Waals surface area contributed by atoms with Gasteiger partial charge in [0.2, 0.25) is 0 Å². The van der Waals surface area contributed by atoms with Gasteiger partial charge in [0.15, 0.2) is 23.1 Å². The normalized spacial score (nSPS) is 11.1. The highest BCUT2D eigenvalue weighted by Gasteiger charge is 2.19. The monoisotopic (exact) mass is 365 g/mol. The predicted molar refractivity (Wildman–Crippen MR) is 98.4 cm³/mol. The number of methoxy groups -OCH3 is 2. The average Bonchev–Trinajstić information content (AvgIpc) is 3.35. The molecule has 138 valence electrons. The Hall–Kier alpha value is -3.49. The third-order valence-electron chi connectivity index (χ3n) is 4.32. The summed E-state index contributed by atoms with van der Waals surface area (Å²) in [7, 11) is 3.20. The molecule has 0 bridgehead atoms. The molecule has 1 aromatic carbocycles. The molecule has 0 saturated carbocycles. The first-order chi connectivity index (χ1) is 13.2. The molecule has 0 spiro atoms. The molecule has 3 aromatic heterocycles. The van der Waals surface area contributed by atoms with Crippen LogP contribution in [-0.2, 0) is 6.42 Å².